The van der Waals surface area contributed by atoms with Crippen molar-refractivity contribution in [2.24, 2.45) is 0 Å². The van der Waals surface area contributed by atoms with Crippen molar-refractivity contribution >= 4 is 23.5 Å². The van der Waals surface area contributed by atoms with Crippen LogP contribution >= 0.6 is 0 Å². The van der Waals surface area contributed by atoms with E-state index in [0.29, 0.717) is 44.0 Å². The molecule has 0 aliphatic carbocycles. The van der Waals surface area contributed by atoms with Crippen molar-refractivity contribution in [3.05, 3.63) is 51.6 Å². The van der Waals surface area contributed by atoms with Crippen LogP contribution in [0.4, 0.5) is 11.5 Å². The number of piperazine rings is 1. The van der Waals surface area contributed by atoms with Gasteiger partial charge in [-0.15, -0.1) is 0 Å². The summed E-state index contributed by atoms with van der Waals surface area (Å²) >= 11 is 0. The van der Waals surface area contributed by atoms with Gasteiger partial charge in [0.05, 0.1) is 37.6 Å². The molecule has 9 nitrogen and oxygen atoms in total. The average Bonchev–Trinajstić information content (AvgIpc) is 2.79. The largest absolute Gasteiger partial charge is 0.379 e. The van der Waals surface area contributed by atoms with E-state index in [2.05, 4.69) is 43.6 Å². The van der Waals surface area contributed by atoms with Crippen LogP contribution in [-0.2, 0) is 9.53 Å². The highest BCUT2D eigenvalue weighted by atomic mass is 16.5. The summed E-state index contributed by atoms with van der Waals surface area (Å²) in [5, 5.41) is 9.44. The molecule has 0 unspecified atom stereocenters. The van der Waals surface area contributed by atoms with Crippen molar-refractivity contribution in [2.45, 2.75) is 39.3 Å². The number of H-pyrrole nitrogens is 1. The Kier molecular flexibility index (Phi) is 6.55. The molecule has 2 atom stereocenters. The lowest BCUT2D eigenvalue weighted by Crippen LogP contribution is -2.55. The summed E-state index contributed by atoms with van der Waals surface area (Å²) in [4.78, 5) is 33.1. The quantitative estimate of drug-likeness (QED) is 0.635. The van der Waals surface area contributed by atoms with Gasteiger partial charge in [-0.1, -0.05) is 12.2 Å². The van der Waals surface area contributed by atoms with Crippen LogP contribution in [0, 0.1) is 13.8 Å². The molecular weight excluding hydrogens is 408 g/mol. The van der Waals surface area contributed by atoms with Gasteiger partial charge < -0.3 is 19.9 Å². The third-order valence-corrected chi connectivity index (χ3v) is 5.91. The van der Waals surface area contributed by atoms with Crippen molar-refractivity contribution in [3.8, 4) is 0 Å². The molecule has 2 N–H and O–H groups in total. The number of aromatic nitrogens is 3. The Morgan fingerprint density at radius 2 is 2.19 bits per heavy atom. The number of aromatic amines is 1. The number of hydrogen-bond donors (Lipinski definition) is 2. The lowest BCUT2D eigenvalue weighted by Gasteiger charge is -2.43. The van der Waals surface area contributed by atoms with E-state index in [4.69, 9.17) is 4.74 Å². The minimum atomic E-state index is -0.212. The molecule has 0 spiro atoms. The summed E-state index contributed by atoms with van der Waals surface area (Å²) in [6.45, 7) is 8.67. The highest BCUT2D eigenvalue weighted by Gasteiger charge is 2.31. The first-order chi connectivity index (χ1) is 15.4. The van der Waals surface area contributed by atoms with Crippen LogP contribution in [0.15, 0.2) is 29.3 Å². The number of aryl methyl sites for hydroxylation is 1. The van der Waals surface area contributed by atoms with E-state index in [0.717, 1.165) is 23.5 Å². The van der Waals surface area contributed by atoms with E-state index >= 15 is 0 Å². The number of ether oxygens (including phenoxy) is 1. The Morgan fingerprint density at radius 1 is 1.34 bits per heavy atom. The molecule has 4 rings (SSSR count). The number of nitrogens with zero attached hydrogens (tertiary/aromatic N) is 4. The summed E-state index contributed by atoms with van der Waals surface area (Å²) in [5.74, 6) is 1.11. The zero-order valence-corrected chi connectivity index (χ0v) is 18.8. The van der Waals surface area contributed by atoms with Gasteiger partial charge in [-0.2, -0.15) is 5.10 Å². The predicted octanol–water partition coefficient (Wildman–Crippen LogP) is 1.73. The van der Waals surface area contributed by atoms with Crippen LogP contribution in [0.25, 0.3) is 6.08 Å². The monoisotopic (exact) mass is 438 g/mol. The zero-order chi connectivity index (χ0) is 22.7. The molecule has 2 aliphatic rings. The van der Waals surface area contributed by atoms with Crippen molar-refractivity contribution in [1.29, 1.82) is 0 Å². The Bertz CT molecular complexity index is 1070. The van der Waals surface area contributed by atoms with E-state index in [1.807, 2.05) is 24.9 Å². The third-order valence-electron chi connectivity index (χ3n) is 5.91. The number of anilines is 2. The van der Waals surface area contributed by atoms with Gasteiger partial charge in [0.1, 0.15) is 5.82 Å². The van der Waals surface area contributed by atoms with Gasteiger partial charge in [0.15, 0.2) is 0 Å². The highest BCUT2D eigenvalue weighted by molar-refractivity contribution is 5.77. The molecule has 2 aliphatic heterocycles. The maximum absolute atomic E-state index is 12.7. The number of nitrogens with one attached hydrogen (secondary N) is 2. The molecule has 1 saturated heterocycles. The number of hydrogen-bond acceptors (Lipinski definition) is 7. The van der Waals surface area contributed by atoms with Crippen molar-refractivity contribution in [1.82, 2.24) is 20.1 Å². The van der Waals surface area contributed by atoms with Gasteiger partial charge in [0, 0.05) is 43.0 Å². The number of carbonyl (C=O) groups excluding carboxylic acids is 1. The normalized spacial score (nSPS) is 18.2. The smallest absolute Gasteiger partial charge is 0.269 e. The first kappa shape index (κ1) is 22.0. The van der Waals surface area contributed by atoms with Crippen LogP contribution in [0.5, 0.6) is 0 Å². The Hall–Kier alpha value is -3.20. The predicted molar refractivity (Wildman–Crippen MR) is 124 cm³/mol. The Morgan fingerprint density at radius 3 is 3.03 bits per heavy atom. The second-order valence-corrected chi connectivity index (χ2v) is 8.49. The zero-order valence-electron chi connectivity index (χ0n) is 18.8. The molecule has 0 aromatic carbocycles. The number of rotatable bonds is 7. The summed E-state index contributed by atoms with van der Waals surface area (Å²) in [7, 11) is 0. The Balaban J connectivity index is 1.21. The first-order valence-electron chi connectivity index (χ1n) is 11.0. The summed E-state index contributed by atoms with van der Waals surface area (Å²) in [6.07, 6.45) is 8.11. The van der Waals surface area contributed by atoms with E-state index in [1.54, 1.807) is 13.1 Å². The number of amides is 1. The van der Waals surface area contributed by atoms with E-state index in [9.17, 15) is 9.59 Å². The van der Waals surface area contributed by atoms with E-state index in [-0.39, 0.29) is 23.6 Å². The minimum absolute atomic E-state index is 0.0143. The third kappa shape index (κ3) is 4.83. The van der Waals surface area contributed by atoms with Crippen LogP contribution < -0.4 is 15.8 Å². The van der Waals surface area contributed by atoms with Gasteiger partial charge in [-0.3, -0.25) is 9.59 Å². The van der Waals surface area contributed by atoms with E-state index in [1.165, 1.54) is 0 Å². The van der Waals surface area contributed by atoms with Crippen molar-refractivity contribution in [3.63, 3.8) is 0 Å². The SMILES string of the molecule is Cc1cnc2c(c1)C=C[C@H]1CN(C(=O)CCOC[C@H](C)Nc3cn[nH]c(=O)c3C)CCN21. The summed E-state index contributed by atoms with van der Waals surface area (Å²) in [6, 6.07) is 2.29. The van der Waals surface area contributed by atoms with Gasteiger partial charge in [0.25, 0.3) is 5.56 Å². The molecule has 32 heavy (non-hydrogen) atoms. The van der Waals surface area contributed by atoms with Crippen LogP contribution in [0.1, 0.15) is 30.0 Å². The topological polar surface area (TPSA) is 103 Å². The van der Waals surface area contributed by atoms with Gasteiger partial charge in [-0.05, 0) is 32.4 Å². The molecule has 170 valence electrons. The van der Waals surface area contributed by atoms with Gasteiger partial charge >= 0.3 is 0 Å². The number of fused-ring (bicyclic) bond motifs is 3. The first-order valence-corrected chi connectivity index (χ1v) is 11.0. The molecular formula is C23H30N6O3. The molecule has 2 aromatic rings. The second kappa shape index (κ2) is 9.52. The van der Waals surface area contributed by atoms with Gasteiger partial charge in [-0.25, -0.2) is 10.1 Å². The van der Waals surface area contributed by atoms with Crippen LogP contribution in [0.2, 0.25) is 0 Å². The lowest BCUT2D eigenvalue weighted by atomic mass is 10.0. The summed E-state index contributed by atoms with van der Waals surface area (Å²) in [5.41, 5.74) is 3.35. The molecule has 0 radical (unpaired) electrons. The second-order valence-electron chi connectivity index (χ2n) is 8.49. The molecule has 0 bridgehead atoms. The maximum atomic E-state index is 12.7. The standard InChI is InChI=1S/C23H30N6O3/c1-15-10-18-4-5-19-13-28(7-8-29(19)22(18)24-11-15)21(30)6-9-32-14-16(2)26-20-12-25-27-23(31)17(20)3/h4-5,10-12,16,19H,6-9,13-14H2,1-3H3,(H2,26,27,31)/t16-,19-/m0/s1. The number of pyridine rings is 1. The molecule has 0 saturated carbocycles. The van der Waals surface area contributed by atoms with Crippen LogP contribution in [0.3, 0.4) is 0 Å². The Labute approximate surface area is 187 Å². The van der Waals surface area contributed by atoms with Crippen LogP contribution in [-0.4, -0.2) is 70.9 Å². The fourth-order valence-electron chi connectivity index (χ4n) is 4.11. The lowest BCUT2D eigenvalue weighted by molar-refractivity contribution is -0.133. The van der Waals surface area contributed by atoms with Gasteiger partial charge in [0.2, 0.25) is 5.91 Å². The van der Waals surface area contributed by atoms with Crippen molar-refractivity contribution in [2.75, 3.05) is 43.1 Å². The minimum Gasteiger partial charge on any atom is -0.379 e. The van der Waals surface area contributed by atoms with Crippen molar-refractivity contribution < 1.29 is 9.53 Å². The fourth-order valence-corrected chi connectivity index (χ4v) is 4.11. The molecule has 9 heteroatoms. The number of carbonyl (C=O) groups is 1. The fraction of sp³-hybridized carbons (Fsp3) is 0.478. The highest BCUT2D eigenvalue weighted by Crippen LogP contribution is 2.29. The molecule has 4 heterocycles. The maximum Gasteiger partial charge on any atom is 0.269 e. The van der Waals surface area contributed by atoms with E-state index < -0.39 is 0 Å². The summed E-state index contributed by atoms with van der Waals surface area (Å²) < 4.78 is 5.71. The molecule has 1 amide bonds. The average molecular weight is 439 g/mol. The molecule has 2 aromatic heterocycles. The molecule has 1 fully saturated rings.